The number of nitrogens with one attached hydrogen (secondary N) is 1. The minimum absolute atomic E-state index is 0.0602. The van der Waals surface area contributed by atoms with E-state index in [0.29, 0.717) is 18.7 Å². The van der Waals surface area contributed by atoms with E-state index >= 15 is 0 Å². The van der Waals surface area contributed by atoms with E-state index in [0.717, 1.165) is 12.8 Å². The molecule has 0 aliphatic carbocycles. The van der Waals surface area contributed by atoms with E-state index in [-0.39, 0.29) is 11.3 Å². The second-order valence-electron chi connectivity index (χ2n) is 4.87. The average molecular weight is 236 g/mol. The largest absolute Gasteiger partial charge is 0.351 e. The molecule has 0 saturated heterocycles. The molecule has 0 aliphatic rings. The summed E-state index contributed by atoms with van der Waals surface area (Å²) in [6.07, 6.45) is 6.39. The molecular weight excluding hydrogens is 216 g/mol. The van der Waals surface area contributed by atoms with Gasteiger partial charge in [-0.15, -0.1) is 0 Å². The number of aromatic nitrogens is 2. The van der Waals surface area contributed by atoms with Crippen molar-refractivity contribution < 1.29 is 4.79 Å². The SMILES string of the molecule is CC(C)(CCCN)CNC(=O)c1cncnc1. The molecule has 1 aromatic heterocycles. The Morgan fingerprint density at radius 1 is 1.41 bits per heavy atom. The van der Waals surface area contributed by atoms with Crippen molar-refractivity contribution in [3.63, 3.8) is 0 Å². The summed E-state index contributed by atoms with van der Waals surface area (Å²) in [5.74, 6) is -0.133. The van der Waals surface area contributed by atoms with Gasteiger partial charge in [-0.3, -0.25) is 4.79 Å². The van der Waals surface area contributed by atoms with E-state index in [1.165, 1.54) is 18.7 Å². The summed E-state index contributed by atoms with van der Waals surface area (Å²) < 4.78 is 0. The Kier molecular flexibility index (Phi) is 5.03. The minimum atomic E-state index is -0.133. The first kappa shape index (κ1) is 13.6. The molecule has 5 heteroatoms. The van der Waals surface area contributed by atoms with Gasteiger partial charge in [0, 0.05) is 18.9 Å². The second-order valence-corrected chi connectivity index (χ2v) is 4.87. The quantitative estimate of drug-likeness (QED) is 0.771. The van der Waals surface area contributed by atoms with Gasteiger partial charge >= 0.3 is 0 Å². The first-order chi connectivity index (χ1) is 8.05. The van der Waals surface area contributed by atoms with Gasteiger partial charge in [-0.25, -0.2) is 9.97 Å². The molecule has 0 atom stereocenters. The molecule has 1 amide bonds. The van der Waals surface area contributed by atoms with Crippen LogP contribution in [0, 0.1) is 5.41 Å². The highest BCUT2D eigenvalue weighted by Gasteiger charge is 2.18. The third kappa shape index (κ3) is 4.91. The third-order valence-electron chi connectivity index (χ3n) is 2.61. The number of hydrogen-bond acceptors (Lipinski definition) is 4. The first-order valence-corrected chi connectivity index (χ1v) is 5.78. The van der Waals surface area contributed by atoms with Crippen LogP contribution >= 0.6 is 0 Å². The van der Waals surface area contributed by atoms with Crippen molar-refractivity contribution >= 4 is 5.91 Å². The van der Waals surface area contributed by atoms with E-state index in [1.54, 1.807) is 0 Å². The maximum Gasteiger partial charge on any atom is 0.254 e. The molecule has 0 bridgehead atoms. The monoisotopic (exact) mass is 236 g/mol. The van der Waals surface area contributed by atoms with Crippen LogP contribution in [0.25, 0.3) is 0 Å². The van der Waals surface area contributed by atoms with Gasteiger partial charge in [0.25, 0.3) is 5.91 Å². The summed E-state index contributed by atoms with van der Waals surface area (Å²) in [4.78, 5) is 19.4. The fraction of sp³-hybridized carbons (Fsp3) is 0.583. The fourth-order valence-corrected chi connectivity index (χ4v) is 1.51. The van der Waals surface area contributed by atoms with Crippen LogP contribution < -0.4 is 11.1 Å². The minimum Gasteiger partial charge on any atom is -0.351 e. The number of nitrogens with zero attached hydrogens (tertiary/aromatic N) is 2. The van der Waals surface area contributed by atoms with Crippen LogP contribution in [-0.4, -0.2) is 29.0 Å². The summed E-state index contributed by atoms with van der Waals surface area (Å²) in [6.45, 7) is 5.54. The van der Waals surface area contributed by atoms with E-state index < -0.39 is 0 Å². The molecule has 3 N–H and O–H groups in total. The van der Waals surface area contributed by atoms with Gasteiger partial charge in [-0.2, -0.15) is 0 Å². The molecule has 0 aromatic carbocycles. The highest BCUT2D eigenvalue weighted by atomic mass is 16.1. The molecule has 0 radical (unpaired) electrons. The number of hydrogen-bond donors (Lipinski definition) is 2. The lowest BCUT2D eigenvalue weighted by molar-refractivity contribution is 0.0933. The summed E-state index contributed by atoms with van der Waals surface area (Å²) in [5.41, 5.74) is 6.03. The van der Waals surface area contributed by atoms with Crippen molar-refractivity contribution in [2.24, 2.45) is 11.1 Å². The topological polar surface area (TPSA) is 80.9 Å². The maximum atomic E-state index is 11.7. The van der Waals surface area contributed by atoms with Crippen molar-refractivity contribution in [1.29, 1.82) is 0 Å². The average Bonchev–Trinajstić information content (AvgIpc) is 2.35. The second kappa shape index (κ2) is 6.30. The van der Waals surface area contributed by atoms with Gasteiger partial charge < -0.3 is 11.1 Å². The van der Waals surface area contributed by atoms with Crippen LogP contribution in [0.3, 0.4) is 0 Å². The van der Waals surface area contributed by atoms with Crippen molar-refractivity contribution in [3.8, 4) is 0 Å². The van der Waals surface area contributed by atoms with Gasteiger partial charge in [0.2, 0.25) is 0 Å². The molecular formula is C12H20N4O. The Bertz CT molecular complexity index is 351. The maximum absolute atomic E-state index is 11.7. The van der Waals surface area contributed by atoms with Crippen LogP contribution in [0.1, 0.15) is 37.0 Å². The lowest BCUT2D eigenvalue weighted by Gasteiger charge is -2.24. The molecule has 94 valence electrons. The highest BCUT2D eigenvalue weighted by Crippen LogP contribution is 2.20. The molecule has 0 fully saturated rings. The molecule has 0 aliphatic heterocycles. The van der Waals surface area contributed by atoms with E-state index in [2.05, 4.69) is 29.1 Å². The summed E-state index contributed by atoms with van der Waals surface area (Å²) >= 11 is 0. The summed E-state index contributed by atoms with van der Waals surface area (Å²) in [6, 6.07) is 0. The smallest absolute Gasteiger partial charge is 0.254 e. The highest BCUT2D eigenvalue weighted by molar-refractivity contribution is 5.93. The van der Waals surface area contributed by atoms with Crippen LogP contribution in [0.2, 0.25) is 0 Å². The van der Waals surface area contributed by atoms with Crippen LogP contribution in [0.4, 0.5) is 0 Å². The van der Waals surface area contributed by atoms with Crippen molar-refractivity contribution in [2.45, 2.75) is 26.7 Å². The van der Waals surface area contributed by atoms with Gasteiger partial charge in [0.05, 0.1) is 5.56 Å². The van der Waals surface area contributed by atoms with Crippen molar-refractivity contribution in [3.05, 3.63) is 24.3 Å². The molecule has 0 unspecified atom stereocenters. The molecule has 1 aromatic rings. The number of amides is 1. The van der Waals surface area contributed by atoms with Gasteiger partial charge in [-0.1, -0.05) is 13.8 Å². The molecule has 0 spiro atoms. The van der Waals surface area contributed by atoms with E-state index in [1.807, 2.05) is 0 Å². The first-order valence-electron chi connectivity index (χ1n) is 5.78. The number of nitrogens with two attached hydrogens (primary N) is 1. The van der Waals surface area contributed by atoms with Crippen LogP contribution in [0.5, 0.6) is 0 Å². The standard InChI is InChI=1S/C12H20N4O/c1-12(2,4-3-5-13)8-16-11(17)10-6-14-9-15-7-10/h6-7,9H,3-5,8,13H2,1-2H3,(H,16,17). The zero-order valence-corrected chi connectivity index (χ0v) is 10.4. The molecule has 17 heavy (non-hydrogen) atoms. The molecule has 1 heterocycles. The molecule has 1 rings (SSSR count). The van der Waals surface area contributed by atoms with Crippen LogP contribution in [0.15, 0.2) is 18.7 Å². The zero-order valence-electron chi connectivity index (χ0n) is 10.4. The predicted octanol–water partition coefficient (Wildman–Crippen LogP) is 0.971. The van der Waals surface area contributed by atoms with Crippen molar-refractivity contribution in [1.82, 2.24) is 15.3 Å². The number of rotatable bonds is 6. The van der Waals surface area contributed by atoms with E-state index in [9.17, 15) is 4.79 Å². The Morgan fingerprint density at radius 3 is 2.65 bits per heavy atom. The third-order valence-corrected chi connectivity index (χ3v) is 2.61. The lowest BCUT2D eigenvalue weighted by Crippen LogP contribution is -2.34. The Hall–Kier alpha value is -1.49. The number of carbonyl (C=O) groups excluding carboxylic acids is 1. The Balaban J connectivity index is 2.43. The predicted molar refractivity (Wildman–Crippen MR) is 66.4 cm³/mol. The molecule has 0 saturated carbocycles. The molecule has 5 nitrogen and oxygen atoms in total. The van der Waals surface area contributed by atoms with Gasteiger partial charge in [0.1, 0.15) is 6.33 Å². The van der Waals surface area contributed by atoms with Gasteiger partial charge in [0.15, 0.2) is 0 Å². The summed E-state index contributed by atoms with van der Waals surface area (Å²) in [7, 11) is 0. The Morgan fingerprint density at radius 2 is 2.06 bits per heavy atom. The Labute approximate surface area is 102 Å². The van der Waals surface area contributed by atoms with Gasteiger partial charge in [-0.05, 0) is 24.8 Å². The number of carbonyl (C=O) groups is 1. The zero-order chi connectivity index (χ0) is 12.7. The normalized spacial score (nSPS) is 11.2. The van der Waals surface area contributed by atoms with Crippen LogP contribution in [-0.2, 0) is 0 Å². The lowest BCUT2D eigenvalue weighted by atomic mass is 9.87. The van der Waals surface area contributed by atoms with E-state index in [4.69, 9.17) is 5.73 Å². The fourth-order valence-electron chi connectivity index (χ4n) is 1.51. The summed E-state index contributed by atoms with van der Waals surface area (Å²) in [5, 5.41) is 2.89. The van der Waals surface area contributed by atoms with Crippen molar-refractivity contribution in [2.75, 3.05) is 13.1 Å².